The summed E-state index contributed by atoms with van der Waals surface area (Å²) in [6.45, 7) is 5.59. The highest BCUT2D eigenvalue weighted by Gasteiger charge is 2.26. The third-order valence-corrected chi connectivity index (χ3v) is 9.19. The van der Waals surface area contributed by atoms with Crippen LogP contribution in [0.3, 0.4) is 0 Å². The number of hydrogen-bond donors (Lipinski definition) is 1. The molecule has 0 atom stereocenters. The first-order valence-corrected chi connectivity index (χ1v) is 16.7. The Morgan fingerprint density at radius 1 is 0.960 bits per heavy atom. The summed E-state index contributed by atoms with van der Waals surface area (Å²) >= 11 is 0. The largest absolute Gasteiger partial charge is 0.488 e. The van der Waals surface area contributed by atoms with Crippen LogP contribution in [-0.4, -0.2) is 81.5 Å². The quantitative estimate of drug-likeness (QED) is 0.289. The SMILES string of the molecule is Cc1noc(C)c1CC(=O)N1CCOc2c(cc3cc2OCCN(C(=O)c2ccc4nccn4c2)CCCCNC(=O)c2cc-3ccc2F)C1. The molecule has 0 spiro atoms. The lowest BCUT2D eigenvalue weighted by molar-refractivity contribution is -0.131. The molecule has 50 heavy (non-hydrogen) atoms. The van der Waals surface area contributed by atoms with Gasteiger partial charge in [0.2, 0.25) is 5.91 Å². The Hall–Kier alpha value is -5.72. The second-order valence-corrected chi connectivity index (χ2v) is 12.5. The second-order valence-electron chi connectivity index (χ2n) is 12.5. The normalized spacial score (nSPS) is 15.5. The highest BCUT2D eigenvalue weighted by atomic mass is 19.1. The average molecular weight is 681 g/mol. The zero-order valence-electron chi connectivity index (χ0n) is 27.9. The standard InChI is InChI=1S/C37H37FN6O6/c1-23-29(24(2)50-41-23)20-34(45)44-14-16-49-35-28(22-44)17-27-19-32(35)48-15-13-42(37(47)26-6-8-33-39-10-12-43(33)21-26)11-4-3-9-40-36(46)30-18-25(27)5-7-31(30)38/h5-8,10,12,17-19,21H,3-4,9,11,13-16,20,22H2,1-2H3,(H,40,46). The summed E-state index contributed by atoms with van der Waals surface area (Å²) in [6.07, 6.45) is 6.54. The lowest BCUT2D eigenvalue weighted by Crippen LogP contribution is -2.36. The molecule has 0 aliphatic carbocycles. The van der Waals surface area contributed by atoms with Crippen molar-refractivity contribution in [3.05, 3.63) is 101 Å². The van der Waals surface area contributed by atoms with Crippen LogP contribution in [0.2, 0.25) is 0 Å². The van der Waals surface area contributed by atoms with Gasteiger partial charge in [0.05, 0.1) is 36.3 Å². The van der Waals surface area contributed by atoms with Gasteiger partial charge in [-0.25, -0.2) is 9.37 Å². The van der Waals surface area contributed by atoms with Gasteiger partial charge >= 0.3 is 0 Å². The molecule has 0 unspecified atom stereocenters. The van der Waals surface area contributed by atoms with E-state index in [1.807, 2.05) is 13.0 Å². The molecule has 12 nitrogen and oxygen atoms in total. The van der Waals surface area contributed by atoms with E-state index in [-0.39, 0.29) is 50.1 Å². The number of carbonyl (C=O) groups is 3. The average Bonchev–Trinajstić information content (AvgIpc) is 3.63. The number of nitrogens with zero attached hydrogens (tertiary/aromatic N) is 5. The third-order valence-electron chi connectivity index (χ3n) is 9.19. The van der Waals surface area contributed by atoms with Crippen molar-refractivity contribution in [3.63, 3.8) is 0 Å². The fourth-order valence-electron chi connectivity index (χ4n) is 6.40. The first kappa shape index (κ1) is 32.8. The molecule has 4 bridgehead atoms. The summed E-state index contributed by atoms with van der Waals surface area (Å²) in [4.78, 5) is 48.1. The summed E-state index contributed by atoms with van der Waals surface area (Å²) in [7, 11) is 0. The van der Waals surface area contributed by atoms with Gasteiger partial charge in [-0.3, -0.25) is 14.4 Å². The van der Waals surface area contributed by atoms with Crippen LogP contribution in [0.4, 0.5) is 4.39 Å². The maximum atomic E-state index is 15.0. The molecule has 2 aliphatic rings. The molecule has 258 valence electrons. The molecule has 3 amide bonds. The fraction of sp³-hybridized carbons (Fsp3) is 0.324. The molecule has 13 heteroatoms. The number of rotatable bonds is 3. The van der Waals surface area contributed by atoms with E-state index in [4.69, 9.17) is 14.0 Å². The number of nitrogens with one attached hydrogen (secondary N) is 1. The number of carbonyl (C=O) groups excluding carboxylic acids is 3. The number of aromatic nitrogens is 3. The molecule has 1 N–H and O–H groups in total. The number of fused-ring (bicyclic) bond motifs is 8. The van der Waals surface area contributed by atoms with Crippen LogP contribution in [-0.2, 0) is 17.8 Å². The van der Waals surface area contributed by atoms with Crippen LogP contribution in [0.1, 0.15) is 56.1 Å². The maximum absolute atomic E-state index is 15.0. The minimum Gasteiger partial charge on any atom is -0.488 e. The van der Waals surface area contributed by atoms with E-state index in [1.165, 1.54) is 12.1 Å². The van der Waals surface area contributed by atoms with Crippen molar-refractivity contribution < 1.29 is 32.8 Å². The Bertz CT molecular complexity index is 2070. The number of halogens is 1. The van der Waals surface area contributed by atoms with Gasteiger partial charge in [0.15, 0.2) is 11.5 Å². The Morgan fingerprint density at radius 3 is 2.64 bits per heavy atom. The fourth-order valence-corrected chi connectivity index (χ4v) is 6.40. The van der Waals surface area contributed by atoms with Crippen LogP contribution in [0.5, 0.6) is 11.5 Å². The van der Waals surface area contributed by atoms with E-state index in [1.54, 1.807) is 64.0 Å². The Morgan fingerprint density at radius 2 is 1.80 bits per heavy atom. The number of amides is 3. The summed E-state index contributed by atoms with van der Waals surface area (Å²) in [6, 6.07) is 11.6. The van der Waals surface area contributed by atoms with Crippen LogP contribution >= 0.6 is 0 Å². The van der Waals surface area contributed by atoms with Gasteiger partial charge in [0.1, 0.15) is 30.4 Å². The van der Waals surface area contributed by atoms with Crippen LogP contribution in [0, 0.1) is 19.7 Å². The van der Waals surface area contributed by atoms with Crippen molar-refractivity contribution in [1.29, 1.82) is 0 Å². The molecule has 5 aromatic rings. The number of imidazole rings is 1. The van der Waals surface area contributed by atoms with Crippen molar-refractivity contribution >= 4 is 23.4 Å². The topological polar surface area (TPSA) is 132 Å². The highest BCUT2D eigenvalue weighted by molar-refractivity contribution is 5.96. The van der Waals surface area contributed by atoms with Gasteiger partial charge < -0.3 is 33.5 Å². The number of aryl methyl sites for hydroxylation is 2. The molecule has 2 aromatic carbocycles. The van der Waals surface area contributed by atoms with Gasteiger partial charge in [0.25, 0.3) is 11.8 Å². The molecule has 3 aromatic heterocycles. The Kier molecular flexibility index (Phi) is 9.20. The zero-order valence-corrected chi connectivity index (χ0v) is 27.9. The predicted octanol–water partition coefficient (Wildman–Crippen LogP) is 4.75. The van der Waals surface area contributed by atoms with Crippen molar-refractivity contribution in [2.24, 2.45) is 0 Å². The molecule has 7 rings (SSSR count). The van der Waals surface area contributed by atoms with Gasteiger partial charge in [-0.05, 0) is 74.2 Å². The van der Waals surface area contributed by atoms with E-state index < -0.39 is 11.7 Å². The second kappa shape index (κ2) is 14.0. The van der Waals surface area contributed by atoms with Crippen molar-refractivity contribution in [3.8, 4) is 22.6 Å². The summed E-state index contributed by atoms with van der Waals surface area (Å²) < 4.78 is 34.7. The molecule has 0 saturated heterocycles. The predicted molar refractivity (Wildman–Crippen MR) is 181 cm³/mol. The minimum atomic E-state index is -0.635. The van der Waals surface area contributed by atoms with Crippen LogP contribution in [0.25, 0.3) is 16.8 Å². The van der Waals surface area contributed by atoms with Gasteiger partial charge in [-0.2, -0.15) is 0 Å². The number of pyridine rings is 1. The van der Waals surface area contributed by atoms with Crippen molar-refractivity contribution in [2.75, 3.05) is 39.4 Å². The van der Waals surface area contributed by atoms with E-state index >= 15 is 0 Å². The highest BCUT2D eigenvalue weighted by Crippen LogP contribution is 2.39. The van der Waals surface area contributed by atoms with Crippen LogP contribution < -0.4 is 14.8 Å². The molecule has 2 aliphatic heterocycles. The van der Waals surface area contributed by atoms with E-state index in [0.717, 1.165) is 11.2 Å². The smallest absolute Gasteiger partial charge is 0.255 e. The molecule has 5 heterocycles. The number of ether oxygens (including phenoxy) is 2. The molecular formula is C37H37FN6O6. The Labute approximate surface area is 287 Å². The number of hydrogen-bond acceptors (Lipinski definition) is 8. The molecule has 0 saturated carbocycles. The summed E-state index contributed by atoms with van der Waals surface area (Å²) in [5.74, 6) is 0.0853. The summed E-state index contributed by atoms with van der Waals surface area (Å²) in [5, 5.41) is 6.80. The minimum absolute atomic E-state index is 0.0776. The van der Waals surface area contributed by atoms with E-state index in [0.29, 0.717) is 77.7 Å². The van der Waals surface area contributed by atoms with Gasteiger partial charge in [0, 0.05) is 49.4 Å². The summed E-state index contributed by atoms with van der Waals surface area (Å²) in [5.41, 5.74) is 4.54. The molecule has 0 radical (unpaired) electrons. The number of benzene rings is 2. The third kappa shape index (κ3) is 6.75. The first-order chi connectivity index (χ1) is 24.2. The monoisotopic (exact) mass is 680 g/mol. The molecule has 0 fully saturated rings. The van der Waals surface area contributed by atoms with Gasteiger partial charge in [-0.15, -0.1) is 0 Å². The first-order valence-electron chi connectivity index (χ1n) is 16.7. The Balaban J connectivity index is 1.21. The zero-order chi connectivity index (χ0) is 34.8. The van der Waals surface area contributed by atoms with Crippen molar-refractivity contribution in [1.82, 2.24) is 29.7 Å². The van der Waals surface area contributed by atoms with Crippen LogP contribution in [0.15, 0.2) is 65.6 Å². The maximum Gasteiger partial charge on any atom is 0.255 e. The van der Waals surface area contributed by atoms with E-state index in [2.05, 4.69) is 15.5 Å². The lowest BCUT2D eigenvalue weighted by atomic mass is 9.99. The van der Waals surface area contributed by atoms with Crippen molar-refractivity contribution in [2.45, 2.75) is 39.7 Å². The van der Waals surface area contributed by atoms with Gasteiger partial charge in [-0.1, -0.05) is 11.2 Å². The lowest BCUT2D eigenvalue weighted by Gasteiger charge is -2.24. The van der Waals surface area contributed by atoms with E-state index in [9.17, 15) is 18.8 Å². The molecular weight excluding hydrogens is 643 g/mol.